The normalized spacial score (nSPS) is 16.9. The first-order valence-electron chi connectivity index (χ1n) is 11.8. The van der Waals surface area contributed by atoms with Gasteiger partial charge >= 0.3 is 5.97 Å². The number of nitrogens with zero attached hydrogens (tertiary/aromatic N) is 2. The SMILES string of the molecule is CCOC(=O)c1c(S(=O)(=O)N2CCC[C@@H](C(=O)NCc3ccc(C)cc3)C2)c(C)n(CC)c1C. The van der Waals surface area contributed by atoms with Crippen LogP contribution in [0.2, 0.25) is 0 Å². The fraction of sp³-hybridized carbons (Fsp3) is 0.520. The Kier molecular flexibility index (Phi) is 8.20. The van der Waals surface area contributed by atoms with E-state index in [4.69, 9.17) is 4.74 Å². The van der Waals surface area contributed by atoms with Crippen LogP contribution in [0.1, 0.15) is 59.6 Å². The Balaban J connectivity index is 1.83. The molecule has 1 aliphatic rings. The molecule has 1 fully saturated rings. The molecular weight excluding hydrogens is 454 g/mol. The van der Waals surface area contributed by atoms with E-state index >= 15 is 0 Å². The maximum atomic E-state index is 13.8. The van der Waals surface area contributed by atoms with Crippen LogP contribution in [-0.2, 0) is 32.6 Å². The van der Waals surface area contributed by atoms with E-state index in [0.717, 1.165) is 11.1 Å². The van der Waals surface area contributed by atoms with Gasteiger partial charge in [0.1, 0.15) is 10.5 Å². The van der Waals surface area contributed by atoms with Crippen molar-refractivity contribution in [3.63, 3.8) is 0 Å². The summed E-state index contributed by atoms with van der Waals surface area (Å²) < 4.78 is 35.9. The van der Waals surface area contributed by atoms with Gasteiger partial charge in [-0.15, -0.1) is 0 Å². The maximum absolute atomic E-state index is 13.8. The van der Waals surface area contributed by atoms with Gasteiger partial charge in [-0.2, -0.15) is 4.31 Å². The highest BCUT2D eigenvalue weighted by Gasteiger charge is 2.39. The van der Waals surface area contributed by atoms with Crippen molar-refractivity contribution in [2.24, 2.45) is 5.92 Å². The zero-order chi connectivity index (χ0) is 25.0. The van der Waals surface area contributed by atoms with Crippen molar-refractivity contribution in [2.75, 3.05) is 19.7 Å². The first kappa shape index (κ1) is 26.0. The van der Waals surface area contributed by atoms with E-state index in [-0.39, 0.29) is 29.5 Å². The van der Waals surface area contributed by atoms with E-state index < -0.39 is 21.9 Å². The van der Waals surface area contributed by atoms with Gasteiger partial charge < -0.3 is 14.6 Å². The number of aryl methyl sites for hydroxylation is 1. The molecule has 2 heterocycles. The number of rotatable bonds is 8. The van der Waals surface area contributed by atoms with Gasteiger partial charge in [0.25, 0.3) is 0 Å². The molecule has 3 rings (SSSR count). The molecule has 0 bridgehead atoms. The van der Waals surface area contributed by atoms with Gasteiger partial charge in [-0.05, 0) is 53.0 Å². The minimum atomic E-state index is -4.01. The summed E-state index contributed by atoms with van der Waals surface area (Å²) >= 11 is 0. The number of piperidine rings is 1. The standard InChI is InChI=1S/C25H35N3O5S/c1-6-28-18(4)22(25(30)33-7-2)23(19(28)5)34(31,32)27-14-8-9-21(16-27)24(29)26-15-20-12-10-17(3)11-13-20/h10-13,21H,6-9,14-16H2,1-5H3,(H,26,29)/t21-/m1/s1. The third kappa shape index (κ3) is 5.20. The monoisotopic (exact) mass is 489 g/mol. The Morgan fingerprint density at radius 1 is 1.09 bits per heavy atom. The number of nitrogens with one attached hydrogen (secondary N) is 1. The highest BCUT2D eigenvalue weighted by atomic mass is 32.2. The summed E-state index contributed by atoms with van der Waals surface area (Å²) in [6, 6.07) is 7.91. The first-order valence-corrected chi connectivity index (χ1v) is 13.3. The summed E-state index contributed by atoms with van der Waals surface area (Å²) in [5.74, 6) is -1.25. The number of sulfonamides is 1. The van der Waals surface area contributed by atoms with E-state index in [9.17, 15) is 18.0 Å². The molecule has 1 aromatic carbocycles. The average Bonchev–Trinajstić information content (AvgIpc) is 3.08. The average molecular weight is 490 g/mol. The quantitative estimate of drug-likeness (QED) is 0.574. The van der Waals surface area contributed by atoms with Crippen molar-refractivity contribution in [3.05, 3.63) is 52.3 Å². The second-order valence-corrected chi connectivity index (χ2v) is 10.6. The van der Waals surface area contributed by atoms with Gasteiger partial charge in [0.05, 0.1) is 12.5 Å². The summed E-state index contributed by atoms with van der Waals surface area (Å²) in [6.45, 7) is 10.5. The molecular formula is C25H35N3O5S. The van der Waals surface area contributed by atoms with Crippen molar-refractivity contribution in [2.45, 2.75) is 65.4 Å². The van der Waals surface area contributed by atoms with E-state index in [0.29, 0.717) is 43.9 Å². The molecule has 34 heavy (non-hydrogen) atoms. The van der Waals surface area contributed by atoms with Gasteiger partial charge in [-0.3, -0.25) is 4.79 Å². The number of hydrogen-bond acceptors (Lipinski definition) is 5. The van der Waals surface area contributed by atoms with Crippen LogP contribution in [0.4, 0.5) is 0 Å². The van der Waals surface area contributed by atoms with E-state index in [1.807, 2.05) is 42.7 Å². The van der Waals surface area contributed by atoms with Gasteiger partial charge in [-0.1, -0.05) is 29.8 Å². The largest absolute Gasteiger partial charge is 0.462 e. The molecule has 1 saturated heterocycles. The van der Waals surface area contributed by atoms with E-state index in [1.54, 1.807) is 20.8 Å². The first-order chi connectivity index (χ1) is 16.1. The summed E-state index contributed by atoms with van der Waals surface area (Å²) in [5, 5.41) is 2.94. The topological polar surface area (TPSA) is 97.7 Å². The van der Waals surface area contributed by atoms with Crippen molar-refractivity contribution in [1.82, 2.24) is 14.2 Å². The van der Waals surface area contributed by atoms with Crippen LogP contribution in [-0.4, -0.2) is 48.9 Å². The third-order valence-corrected chi connectivity index (χ3v) is 8.49. The number of aromatic nitrogens is 1. The number of carbonyl (C=O) groups is 2. The van der Waals surface area contributed by atoms with Crippen LogP contribution in [0.5, 0.6) is 0 Å². The second kappa shape index (κ2) is 10.7. The van der Waals surface area contributed by atoms with Crippen LogP contribution in [0.25, 0.3) is 0 Å². The van der Waals surface area contributed by atoms with Crippen molar-refractivity contribution >= 4 is 21.9 Å². The lowest BCUT2D eigenvalue weighted by molar-refractivity contribution is -0.126. The molecule has 1 aliphatic heterocycles. The minimum Gasteiger partial charge on any atom is -0.462 e. The number of esters is 1. The molecule has 0 saturated carbocycles. The Morgan fingerprint density at radius 2 is 1.76 bits per heavy atom. The molecule has 1 N–H and O–H groups in total. The molecule has 8 nitrogen and oxygen atoms in total. The predicted molar refractivity (Wildman–Crippen MR) is 130 cm³/mol. The van der Waals surface area contributed by atoms with Gasteiger partial charge in [0.15, 0.2) is 0 Å². The van der Waals surface area contributed by atoms with Crippen LogP contribution < -0.4 is 5.32 Å². The van der Waals surface area contributed by atoms with Crippen LogP contribution in [0, 0.1) is 26.7 Å². The minimum absolute atomic E-state index is 0.00832. The van der Waals surface area contributed by atoms with Crippen molar-refractivity contribution < 1.29 is 22.7 Å². The Bertz CT molecular complexity index is 1150. The highest BCUT2D eigenvalue weighted by molar-refractivity contribution is 7.89. The summed E-state index contributed by atoms with van der Waals surface area (Å²) in [6.07, 6.45) is 1.19. The molecule has 1 atom stereocenters. The smallest absolute Gasteiger partial charge is 0.341 e. The lowest BCUT2D eigenvalue weighted by atomic mass is 9.98. The number of hydrogen-bond donors (Lipinski definition) is 1. The number of amides is 1. The highest BCUT2D eigenvalue weighted by Crippen LogP contribution is 2.32. The molecule has 0 spiro atoms. The molecule has 186 valence electrons. The summed E-state index contributed by atoms with van der Waals surface area (Å²) in [4.78, 5) is 25.6. The molecule has 0 aliphatic carbocycles. The van der Waals surface area contributed by atoms with Gasteiger partial charge in [0.2, 0.25) is 15.9 Å². The molecule has 1 amide bonds. The van der Waals surface area contributed by atoms with E-state index in [2.05, 4.69) is 5.32 Å². The zero-order valence-corrected chi connectivity index (χ0v) is 21.5. The van der Waals surface area contributed by atoms with Crippen molar-refractivity contribution in [1.29, 1.82) is 0 Å². The predicted octanol–water partition coefficient (Wildman–Crippen LogP) is 3.33. The lowest BCUT2D eigenvalue weighted by Gasteiger charge is -2.31. The van der Waals surface area contributed by atoms with Crippen LogP contribution in [0.3, 0.4) is 0 Å². The molecule has 2 aromatic rings. The second-order valence-electron chi connectivity index (χ2n) is 8.75. The molecule has 1 aromatic heterocycles. The Labute approximate surface area is 202 Å². The fourth-order valence-corrected chi connectivity index (χ4v) is 6.61. The fourth-order valence-electron chi connectivity index (χ4n) is 4.63. The van der Waals surface area contributed by atoms with E-state index in [1.165, 1.54) is 4.31 Å². The Hall–Kier alpha value is -2.65. The zero-order valence-electron chi connectivity index (χ0n) is 20.7. The number of carbonyl (C=O) groups excluding carboxylic acids is 2. The molecule has 0 radical (unpaired) electrons. The number of ether oxygens (including phenoxy) is 1. The summed E-state index contributed by atoms with van der Waals surface area (Å²) in [7, 11) is -4.01. The van der Waals surface area contributed by atoms with Crippen LogP contribution >= 0.6 is 0 Å². The Morgan fingerprint density at radius 3 is 2.38 bits per heavy atom. The lowest BCUT2D eigenvalue weighted by Crippen LogP contribution is -2.45. The molecule has 9 heteroatoms. The summed E-state index contributed by atoms with van der Waals surface area (Å²) in [5.41, 5.74) is 3.31. The number of benzene rings is 1. The van der Waals surface area contributed by atoms with Gasteiger partial charge in [0, 0.05) is 37.6 Å². The molecule has 0 unspecified atom stereocenters. The third-order valence-electron chi connectivity index (χ3n) is 6.46. The van der Waals surface area contributed by atoms with Gasteiger partial charge in [-0.25, -0.2) is 13.2 Å². The van der Waals surface area contributed by atoms with Crippen molar-refractivity contribution in [3.8, 4) is 0 Å². The van der Waals surface area contributed by atoms with Crippen LogP contribution in [0.15, 0.2) is 29.2 Å². The maximum Gasteiger partial charge on any atom is 0.341 e.